The Morgan fingerprint density at radius 3 is 2.60 bits per heavy atom. The van der Waals surface area contributed by atoms with E-state index in [4.69, 9.17) is 10.00 Å². The van der Waals surface area contributed by atoms with Gasteiger partial charge in [0.2, 0.25) is 0 Å². The number of nitriles is 1. The molecule has 0 N–H and O–H groups in total. The topological polar surface area (TPSA) is 39.5 Å². The van der Waals surface area contributed by atoms with Gasteiger partial charge < -0.3 is 9.64 Å². The van der Waals surface area contributed by atoms with Gasteiger partial charge in [0, 0.05) is 12.6 Å². The molecule has 1 aliphatic rings. The van der Waals surface area contributed by atoms with E-state index in [1.54, 1.807) is 7.11 Å². The van der Waals surface area contributed by atoms with Gasteiger partial charge in [-0.1, -0.05) is 6.07 Å². The first-order valence-corrected chi connectivity index (χ1v) is 7.10. The number of likely N-dealkylation sites (tertiary alicyclic amines) is 1. The number of nitrogens with zero attached hydrogens (tertiary/aromatic N) is 3. The molecular formula is C16H23N3O. The van der Waals surface area contributed by atoms with Crippen molar-refractivity contribution in [2.24, 2.45) is 0 Å². The number of methoxy groups -OCH3 is 1. The van der Waals surface area contributed by atoms with Gasteiger partial charge in [-0.3, -0.25) is 4.90 Å². The lowest BCUT2D eigenvalue weighted by molar-refractivity contribution is 0.140. The van der Waals surface area contributed by atoms with Gasteiger partial charge in [0.1, 0.15) is 11.8 Å². The van der Waals surface area contributed by atoms with Gasteiger partial charge in [-0.15, -0.1) is 0 Å². The van der Waals surface area contributed by atoms with Gasteiger partial charge >= 0.3 is 0 Å². The Hall–Kier alpha value is -1.57. The maximum Gasteiger partial charge on any atom is 0.136 e. The molecular weight excluding hydrogens is 250 g/mol. The van der Waals surface area contributed by atoms with E-state index in [-0.39, 0.29) is 0 Å². The Labute approximate surface area is 121 Å². The predicted octanol–water partition coefficient (Wildman–Crippen LogP) is 2.09. The molecule has 0 radical (unpaired) electrons. The van der Waals surface area contributed by atoms with E-state index in [0.29, 0.717) is 17.4 Å². The highest BCUT2D eigenvalue weighted by Crippen LogP contribution is 2.21. The minimum atomic E-state index is 0.619. The number of hydrogen-bond donors (Lipinski definition) is 0. The molecule has 1 heterocycles. The third-order valence-corrected chi connectivity index (χ3v) is 4.08. The average Bonchev–Trinajstić information content (AvgIpc) is 2.47. The van der Waals surface area contributed by atoms with E-state index in [1.165, 1.54) is 18.4 Å². The van der Waals surface area contributed by atoms with Crippen molar-refractivity contribution in [3.8, 4) is 11.8 Å². The molecule has 1 fully saturated rings. The first kappa shape index (κ1) is 14.8. The van der Waals surface area contributed by atoms with E-state index in [2.05, 4.69) is 36.0 Å². The molecule has 2 rings (SSSR count). The molecule has 1 aromatic carbocycles. The summed E-state index contributed by atoms with van der Waals surface area (Å²) in [5.74, 6) is 0.655. The Morgan fingerprint density at radius 2 is 2.05 bits per heavy atom. The van der Waals surface area contributed by atoms with E-state index in [1.807, 2.05) is 12.1 Å². The summed E-state index contributed by atoms with van der Waals surface area (Å²) in [5, 5.41) is 9.13. The van der Waals surface area contributed by atoms with Crippen molar-refractivity contribution in [2.75, 3.05) is 34.3 Å². The molecule has 0 unspecified atom stereocenters. The second-order valence-electron chi connectivity index (χ2n) is 5.62. The molecule has 0 spiro atoms. The molecule has 0 atom stereocenters. The minimum absolute atomic E-state index is 0.619. The van der Waals surface area contributed by atoms with Gasteiger partial charge in [-0.25, -0.2) is 0 Å². The van der Waals surface area contributed by atoms with E-state index in [0.717, 1.165) is 19.6 Å². The average molecular weight is 273 g/mol. The first-order chi connectivity index (χ1) is 9.63. The van der Waals surface area contributed by atoms with Crippen molar-refractivity contribution in [2.45, 2.75) is 25.4 Å². The normalized spacial score (nSPS) is 17.1. The number of benzene rings is 1. The summed E-state index contributed by atoms with van der Waals surface area (Å²) >= 11 is 0. The molecule has 4 nitrogen and oxygen atoms in total. The van der Waals surface area contributed by atoms with Crippen LogP contribution in [0.1, 0.15) is 24.0 Å². The zero-order valence-electron chi connectivity index (χ0n) is 12.6. The van der Waals surface area contributed by atoms with Crippen LogP contribution in [-0.2, 0) is 6.54 Å². The van der Waals surface area contributed by atoms with E-state index in [9.17, 15) is 0 Å². The van der Waals surface area contributed by atoms with Gasteiger partial charge in [0.05, 0.1) is 12.7 Å². The molecule has 1 aliphatic heterocycles. The summed E-state index contributed by atoms with van der Waals surface area (Å²) in [6, 6.07) is 8.79. The maximum absolute atomic E-state index is 9.13. The second-order valence-corrected chi connectivity index (χ2v) is 5.62. The Balaban J connectivity index is 1.96. The maximum atomic E-state index is 9.13. The summed E-state index contributed by atoms with van der Waals surface area (Å²) in [5.41, 5.74) is 1.80. The third-order valence-electron chi connectivity index (χ3n) is 4.08. The van der Waals surface area contributed by atoms with Crippen LogP contribution in [0.15, 0.2) is 18.2 Å². The quantitative estimate of drug-likeness (QED) is 0.842. The lowest BCUT2D eigenvalue weighted by Gasteiger charge is -2.35. The smallest absolute Gasteiger partial charge is 0.136 e. The summed E-state index contributed by atoms with van der Waals surface area (Å²) in [6.07, 6.45) is 2.43. The first-order valence-electron chi connectivity index (χ1n) is 7.10. The van der Waals surface area contributed by atoms with Crippen LogP contribution in [-0.4, -0.2) is 50.1 Å². The number of piperidine rings is 1. The van der Waals surface area contributed by atoms with Gasteiger partial charge in [0.15, 0.2) is 0 Å². The van der Waals surface area contributed by atoms with Crippen molar-refractivity contribution < 1.29 is 4.74 Å². The number of ether oxygens (including phenoxy) is 1. The fourth-order valence-corrected chi connectivity index (χ4v) is 2.79. The van der Waals surface area contributed by atoms with Gasteiger partial charge in [0.25, 0.3) is 0 Å². The fourth-order valence-electron chi connectivity index (χ4n) is 2.79. The zero-order valence-corrected chi connectivity index (χ0v) is 12.6. The summed E-state index contributed by atoms with van der Waals surface area (Å²) in [4.78, 5) is 4.78. The lowest BCUT2D eigenvalue weighted by Crippen LogP contribution is -2.41. The zero-order chi connectivity index (χ0) is 14.5. The van der Waals surface area contributed by atoms with E-state index < -0.39 is 0 Å². The van der Waals surface area contributed by atoms with Crippen LogP contribution < -0.4 is 4.74 Å². The molecule has 20 heavy (non-hydrogen) atoms. The van der Waals surface area contributed by atoms with Crippen molar-refractivity contribution >= 4 is 0 Å². The number of rotatable bonds is 4. The monoisotopic (exact) mass is 273 g/mol. The minimum Gasteiger partial charge on any atom is -0.495 e. The van der Waals surface area contributed by atoms with Crippen molar-refractivity contribution in [3.63, 3.8) is 0 Å². The fraction of sp³-hybridized carbons (Fsp3) is 0.562. The molecule has 0 saturated carbocycles. The van der Waals surface area contributed by atoms with Crippen molar-refractivity contribution in [1.82, 2.24) is 9.80 Å². The van der Waals surface area contributed by atoms with Gasteiger partial charge in [-0.05, 0) is 57.7 Å². The summed E-state index contributed by atoms with van der Waals surface area (Å²) < 4.78 is 5.18. The lowest BCUT2D eigenvalue weighted by atomic mass is 10.0. The molecule has 108 valence electrons. The largest absolute Gasteiger partial charge is 0.495 e. The molecule has 0 aromatic heterocycles. The van der Waals surface area contributed by atoms with Crippen LogP contribution in [0.5, 0.6) is 5.75 Å². The van der Waals surface area contributed by atoms with Crippen LogP contribution in [0.2, 0.25) is 0 Å². The highest BCUT2D eigenvalue weighted by Gasteiger charge is 2.20. The number of hydrogen-bond acceptors (Lipinski definition) is 4. The van der Waals surface area contributed by atoms with Crippen molar-refractivity contribution in [3.05, 3.63) is 29.3 Å². The van der Waals surface area contributed by atoms with E-state index >= 15 is 0 Å². The van der Waals surface area contributed by atoms with Gasteiger partial charge in [-0.2, -0.15) is 5.26 Å². The van der Waals surface area contributed by atoms with Crippen LogP contribution >= 0.6 is 0 Å². The SMILES string of the molecule is COc1ccc(CN2CCC(N(C)C)CC2)cc1C#N. The Morgan fingerprint density at radius 1 is 1.35 bits per heavy atom. The van der Waals surface area contributed by atoms with Crippen LogP contribution in [0.4, 0.5) is 0 Å². The summed E-state index contributed by atoms with van der Waals surface area (Å²) in [7, 11) is 5.91. The molecule has 0 aliphatic carbocycles. The van der Waals surface area contributed by atoms with Crippen LogP contribution in [0.3, 0.4) is 0 Å². The predicted molar refractivity (Wildman–Crippen MR) is 79.7 cm³/mol. The Bertz CT molecular complexity index is 485. The van der Waals surface area contributed by atoms with Crippen LogP contribution in [0.25, 0.3) is 0 Å². The third kappa shape index (κ3) is 3.50. The highest BCUT2D eigenvalue weighted by molar-refractivity contribution is 5.45. The van der Waals surface area contributed by atoms with Crippen molar-refractivity contribution in [1.29, 1.82) is 5.26 Å². The summed E-state index contributed by atoms with van der Waals surface area (Å²) in [6.45, 7) is 3.16. The highest BCUT2D eigenvalue weighted by atomic mass is 16.5. The molecule has 0 bridgehead atoms. The Kier molecular flexibility index (Phi) is 4.99. The molecule has 1 saturated heterocycles. The van der Waals surface area contributed by atoms with Crippen LogP contribution in [0, 0.1) is 11.3 Å². The molecule has 1 aromatic rings. The molecule has 0 amide bonds. The second kappa shape index (κ2) is 6.74. The molecule has 4 heteroatoms. The standard InChI is InChI=1S/C16H23N3O/c1-18(2)15-6-8-19(9-7-15)12-13-4-5-16(20-3)14(10-13)11-17/h4-5,10,15H,6-9,12H2,1-3H3.